The average Bonchev–Trinajstić information content (AvgIpc) is 3.45. The van der Waals surface area contributed by atoms with Gasteiger partial charge in [0.2, 0.25) is 0 Å². The number of hydrogen-bond acceptors (Lipinski definition) is 8. The van der Waals surface area contributed by atoms with Crippen molar-refractivity contribution in [3.63, 3.8) is 0 Å². The van der Waals surface area contributed by atoms with Gasteiger partial charge in [-0.15, -0.1) is 0 Å². The second-order valence-corrected chi connectivity index (χ2v) is 12.5. The molecular formula is C32H35BrCl2N6O4. The summed E-state index contributed by atoms with van der Waals surface area (Å²) in [6, 6.07) is 5.32. The molecule has 4 heterocycles. The van der Waals surface area contributed by atoms with Crippen molar-refractivity contribution in [2.24, 2.45) is 0 Å². The maximum atomic E-state index is 12.3. The van der Waals surface area contributed by atoms with Crippen LogP contribution < -0.4 is 0 Å². The van der Waals surface area contributed by atoms with E-state index in [1.54, 1.807) is 35.1 Å². The van der Waals surface area contributed by atoms with Gasteiger partial charge in [-0.05, 0) is 73.7 Å². The van der Waals surface area contributed by atoms with E-state index in [1.165, 1.54) is 6.20 Å². The molecular weight excluding hydrogens is 683 g/mol. The lowest BCUT2D eigenvalue weighted by Gasteiger charge is -2.13. The maximum absolute atomic E-state index is 12.3. The summed E-state index contributed by atoms with van der Waals surface area (Å²) in [7, 11) is 0. The first kappa shape index (κ1) is 34.3. The minimum atomic E-state index is -0.390. The van der Waals surface area contributed by atoms with Crippen molar-refractivity contribution in [2.45, 2.75) is 67.2 Å². The third-order valence-electron chi connectivity index (χ3n) is 6.94. The van der Waals surface area contributed by atoms with Crippen LogP contribution in [0.1, 0.15) is 96.6 Å². The predicted octanol–water partition coefficient (Wildman–Crippen LogP) is 8.41. The molecule has 13 heteroatoms. The van der Waals surface area contributed by atoms with Crippen LogP contribution in [-0.4, -0.2) is 54.3 Å². The van der Waals surface area contributed by atoms with E-state index < -0.39 is 0 Å². The number of halogens is 3. The highest BCUT2D eigenvalue weighted by Crippen LogP contribution is 2.33. The molecule has 0 fully saturated rings. The molecule has 0 N–H and O–H groups in total. The number of rotatable bonds is 7. The van der Waals surface area contributed by atoms with E-state index in [4.69, 9.17) is 32.7 Å². The first-order valence-electron chi connectivity index (χ1n) is 14.5. The van der Waals surface area contributed by atoms with Gasteiger partial charge in [0.15, 0.2) is 11.3 Å². The Labute approximate surface area is 280 Å². The summed E-state index contributed by atoms with van der Waals surface area (Å²) < 4.78 is 14.5. The fraction of sp³-hybridized carbons (Fsp3) is 0.375. The third kappa shape index (κ3) is 7.00. The van der Waals surface area contributed by atoms with Gasteiger partial charge in [0, 0.05) is 26.7 Å². The van der Waals surface area contributed by atoms with Gasteiger partial charge in [-0.2, -0.15) is 10.2 Å². The summed E-state index contributed by atoms with van der Waals surface area (Å²) in [6.07, 6.45) is 3.09. The van der Waals surface area contributed by atoms with Crippen molar-refractivity contribution >= 4 is 62.4 Å². The fourth-order valence-electron chi connectivity index (χ4n) is 5.10. The van der Waals surface area contributed by atoms with E-state index in [0.29, 0.717) is 45.7 Å². The molecule has 0 radical (unpaired) electrons. The number of nitrogens with zero attached hydrogens (tertiary/aromatic N) is 6. The van der Waals surface area contributed by atoms with E-state index in [0.717, 1.165) is 38.4 Å². The van der Waals surface area contributed by atoms with Crippen LogP contribution >= 0.6 is 39.1 Å². The van der Waals surface area contributed by atoms with Crippen LogP contribution in [0.2, 0.25) is 10.0 Å². The SMILES string of the molecule is CCOC(=O)c1cnn2c(-c3cc(Cl)cc(Cl)c3)c(C)nc2c1C(C)C.CCOC(=O)c1cnn2c(Br)c(C)nc2c1C(C)C. The van der Waals surface area contributed by atoms with Gasteiger partial charge < -0.3 is 9.47 Å². The lowest BCUT2D eigenvalue weighted by Crippen LogP contribution is -2.12. The van der Waals surface area contributed by atoms with Crippen molar-refractivity contribution in [1.82, 2.24) is 29.2 Å². The second-order valence-electron chi connectivity index (χ2n) is 10.9. The quantitative estimate of drug-likeness (QED) is 0.154. The Hall–Kier alpha value is -3.54. The van der Waals surface area contributed by atoms with Crippen LogP contribution in [0, 0.1) is 13.8 Å². The fourth-order valence-corrected chi connectivity index (χ4v) is 5.97. The van der Waals surface area contributed by atoms with Gasteiger partial charge >= 0.3 is 11.9 Å². The lowest BCUT2D eigenvalue weighted by molar-refractivity contribution is 0.0514. The molecule has 238 valence electrons. The number of esters is 2. The van der Waals surface area contributed by atoms with E-state index in [1.807, 2.05) is 53.7 Å². The zero-order valence-corrected chi connectivity index (χ0v) is 29.5. The predicted molar refractivity (Wildman–Crippen MR) is 179 cm³/mol. The monoisotopic (exact) mass is 716 g/mol. The molecule has 0 saturated carbocycles. The molecule has 0 saturated heterocycles. The summed E-state index contributed by atoms with van der Waals surface area (Å²) in [4.78, 5) is 33.5. The number of hydrogen-bond donors (Lipinski definition) is 0. The van der Waals surface area contributed by atoms with Crippen LogP contribution in [0.4, 0.5) is 0 Å². The molecule has 1 aromatic carbocycles. The highest BCUT2D eigenvalue weighted by molar-refractivity contribution is 9.10. The molecule has 10 nitrogen and oxygen atoms in total. The van der Waals surface area contributed by atoms with Crippen molar-refractivity contribution in [2.75, 3.05) is 13.2 Å². The van der Waals surface area contributed by atoms with Gasteiger partial charge in [-0.25, -0.2) is 28.6 Å². The van der Waals surface area contributed by atoms with Crippen molar-refractivity contribution in [3.8, 4) is 11.3 Å². The molecule has 0 atom stereocenters. The van der Waals surface area contributed by atoms with Crippen LogP contribution in [0.25, 0.3) is 22.6 Å². The Morgan fingerprint density at radius 1 is 0.778 bits per heavy atom. The van der Waals surface area contributed by atoms with Gasteiger partial charge in [-0.3, -0.25) is 0 Å². The molecule has 0 amide bonds. The zero-order chi connectivity index (χ0) is 33.2. The normalized spacial score (nSPS) is 11.3. The smallest absolute Gasteiger partial charge is 0.340 e. The number of imidazole rings is 2. The number of fused-ring (bicyclic) bond motifs is 2. The Kier molecular flexibility index (Phi) is 10.9. The lowest BCUT2D eigenvalue weighted by atomic mass is 10.00. The largest absolute Gasteiger partial charge is 0.462 e. The summed E-state index contributed by atoms with van der Waals surface area (Å²) in [5.41, 5.74) is 7.16. The van der Waals surface area contributed by atoms with Crippen molar-refractivity contribution in [3.05, 3.63) is 78.9 Å². The minimum Gasteiger partial charge on any atom is -0.462 e. The van der Waals surface area contributed by atoms with Crippen LogP contribution in [0.15, 0.2) is 35.2 Å². The summed E-state index contributed by atoms with van der Waals surface area (Å²) in [6.45, 7) is 16.1. The summed E-state index contributed by atoms with van der Waals surface area (Å²) in [5, 5.41) is 9.78. The van der Waals surface area contributed by atoms with E-state index in [-0.39, 0.29) is 23.8 Å². The highest BCUT2D eigenvalue weighted by atomic mass is 79.9. The number of aromatic nitrogens is 6. The average molecular weight is 718 g/mol. The van der Waals surface area contributed by atoms with Gasteiger partial charge in [0.25, 0.3) is 0 Å². The van der Waals surface area contributed by atoms with Crippen LogP contribution in [0.3, 0.4) is 0 Å². The highest BCUT2D eigenvalue weighted by Gasteiger charge is 2.24. The Morgan fingerprint density at radius 2 is 1.22 bits per heavy atom. The van der Waals surface area contributed by atoms with Crippen LogP contribution in [-0.2, 0) is 9.47 Å². The molecule has 45 heavy (non-hydrogen) atoms. The number of benzene rings is 1. The molecule has 4 aromatic heterocycles. The van der Waals surface area contributed by atoms with E-state index in [2.05, 4.69) is 36.1 Å². The van der Waals surface area contributed by atoms with Crippen molar-refractivity contribution in [1.29, 1.82) is 0 Å². The topological polar surface area (TPSA) is 113 Å². The van der Waals surface area contributed by atoms with Crippen LogP contribution in [0.5, 0.6) is 0 Å². The number of aryl methyl sites for hydroxylation is 2. The van der Waals surface area contributed by atoms with E-state index in [9.17, 15) is 9.59 Å². The Morgan fingerprint density at radius 3 is 1.69 bits per heavy atom. The molecule has 0 aliphatic heterocycles. The molecule has 5 rings (SSSR count). The standard InChI is InChI=1S/C19H19Cl2N3O2.C13H16BrN3O2/c1-5-26-19(25)15-9-22-24-17(12-6-13(20)8-14(21)7-12)11(4)23-18(24)16(15)10(2)3;1-5-19-13(18)9-6-15-17-11(14)8(4)16-12(17)10(9)7(2)3/h6-10H,5H2,1-4H3;6-7H,5H2,1-4H3. The number of carbonyl (C=O) groups is 2. The van der Waals surface area contributed by atoms with Gasteiger partial charge in [0.05, 0.1) is 53.8 Å². The molecule has 0 spiro atoms. The zero-order valence-electron chi connectivity index (χ0n) is 26.4. The Balaban J connectivity index is 0.000000215. The molecule has 0 bridgehead atoms. The molecule has 0 unspecified atom stereocenters. The first-order valence-corrected chi connectivity index (χ1v) is 16.1. The molecule has 0 aliphatic carbocycles. The number of carbonyl (C=O) groups excluding carboxylic acids is 2. The van der Waals surface area contributed by atoms with Gasteiger partial charge in [-0.1, -0.05) is 50.9 Å². The second kappa shape index (κ2) is 14.3. The Bertz CT molecular complexity index is 1880. The third-order valence-corrected chi connectivity index (χ3v) is 8.28. The van der Waals surface area contributed by atoms with Crippen molar-refractivity contribution < 1.29 is 19.1 Å². The molecule has 0 aliphatic rings. The first-order chi connectivity index (χ1) is 21.3. The van der Waals surface area contributed by atoms with Gasteiger partial charge in [0.1, 0.15) is 4.60 Å². The summed E-state index contributed by atoms with van der Waals surface area (Å²) in [5.74, 6) is -0.520. The minimum absolute atomic E-state index is 0.0671. The van der Waals surface area contributed by atoms with E-state index >= 15 is 0 Å². The summed E-state index contributed by atoms with van der Waals surface area (Å²) >= 11 is 15.8. The number of ether oxygens (including phenoxy) is 2. The molecule has 5 aromatic rings. The maximum Gasteiger partial charge on any atom is 0.340 e.